The number of ketones is 1. The van der Waals surface area contributed by atoms with E-state index in [0.717, 1.165) is 69.1 Å². The molecule has 0 heterocycles. The minimum absolute atomic E-state index is 0.00679. The highest BCUT2D eigenvalue weighted by molar-refractivity contribution is 6.00. The van der Waals surface area contributed by atoms with Crippen LogP contribution < -0.4 is 18.9 Å². The molecule has 0 saturated heterocycles. The maximum absolute atomic E-state index is 14.1. The number of carbonyl (C=O) groups excluding carboxylic acids is 1. The van der Waals surface area contributed by atoms with E-state index in [4.69, 9.17) is 18.9 Å². The standard InChI is InChI=1S/C37H58O5/c1-10-26-19-22-35(40-29(13-4)14-5)27(23-26)20-21-34(38)33-24-32(39-28(11-2)12-3)25-36(41-30(15-6)16-7)37(33)42-31(17-8)18-9/h19,22-25,28-31H,10-18,20-21H2,1-9H3. The van der Waals surface area contributed by atoms with Crippen molar-refractivity contribution in [3.8, 4) is 23.0 Å². The lowest BCUT2D eigenvalue weighted by Crippen LogP contribution is -2.20. The Kier molecular flexibility index (Phi) is 15.9. The molecule has 2 rings (SSSR count). The monoisotopic (exact) mass is 582 g/mol. The van der Waals surface area contributed by atoms with E-state index < -0.39 is 0 Å². The van der Waals surface area contributed by atoms with Crippen LogP contribution in [0.1, 0.15) is 142 Å². The maximum atomic E-state index is 14.1. The summed E-state index contributed by atoms with van der Waals surface area (Å²) >= 11 is 0. The molecular weight excluding hydrogens is 524 g/mol. The second kappa shape index (κ2) is 18.8. The van der Waals surface area contributed by atoms with E-state index in [1.165, 1.54) is 5.56 Å². The van der Waals surface area contributed by atoms with Gasteiger partial charge in [-0.15, -0.1) is 0 Å². The average Bonchev–Trinajstić information content (AvgIpc) is 3.03. The van der Waals surface area contributed by atoms with Crippen LogP contribution >= 0.6 is 0 Å². The van der Waals surface area contributed by atoms with Crippen molar-refractivity contribution in [3.05, 3.63) is 47.0 Å². The number of Topliss-reactive ketones (excluding diaryl/α,β-unsaturated/α-hetero) is 1. The Morgan fingerprint density at radius 2 is 1.10 bits per heavy atom. The van der Waals surface area contributed by atoms with Crippen LogP contribution in [0, 0.1) is 0 Å². The summed E-state index contributed by atoms with van der Waals surface area (Å²) in [4.78, 5) is 14.1. The van der Waals surface area contributed by atoms with Gasteiger partial charge in [-0.2, -0.15) is 0 Å². The SMILES string of the molecule is CCc1ccc(OC(CC)CC)c(CCC(=O)c2cc(OC(CC)CC)cc(OC(CC)CC)c2OC(CC)CC)c1. The number of hydrogen-bond donors (Lipinski definition) is 0. The Labute approximate surface area is 256 Å². The van der Waals surface area contributed by atoms with Gasteiger partial charge < -0.3 is 18.9 Å². The third-order valence-corrected chi connectivity index (χ3v) is 8.30. The third-order valence-electron chi connectivity index (χ3n) is 8.30. The molecule has 236 valence electrons. The van der Waals surface area contributed by atoms with Crippen LogP contribution in [0.3, 0.4) is 0 Å². The molecular formula is C37H58O5. The lowest BCUT2D eigenvalue weighted by atomic mass is 9.98. The quantitative estimate of drug-likeness (QED) is 0.137. The van der Waals surface area contributed by atoms with E-state index in [1.807, 2.05) is 12.1 Å². The number of hydrogen-bond acceptors (Lipinski definition) is 5. The molecule has 0 spiro atoms. The molecule has 0 bridgehead atoms. The predicted molar refractivity (Wildman–Crippen MR) is 175 cm³/mol. The summed E-state index contributed by atoms with van der Waals surface area (Å²) in [7, 11) is 0. The molecule has 0 aromatic heterocycles. The van der Waals surface area contributed by atoms with Crippen molar-refractivity contribution in [2.75, 3.05) is 0 Å². The van der Waals surface area contributed by atoms with Gasteiger partial charge in [0.2, 0.25) is 0 Å². The molecule has 5 nitrogen and oxygen atoms in total. The second-order valence-electron chi connectivity index (χ2n) is 11.2. The Morgan fingerprint density at radius 3 is 1.62 bits per heavy atom. The topological polar surface area (TPSA) is 54.0 Å². The van der Waals surface area contributed by atoms with Gasteiger partial charge in [0.25, 0.3) is 0 Å². The Hall–Kier alpha value is -2.69. The number of aryl methyl sites for hydroxylation is 2. The predicted octanol–water partition coefficient (Wildman–Crippen LogP) is 10.3. The minimum Gasteiger partial charge on any atom is -0.490 e. The summed E-state index contributed by atoms with van der Waals surface area (Å²) in [6, 6.07) is 10.2. The van der Waals surface area contributed by atoms with Gasteiger partial charge in [-0.3, -0.25) is 4.79 Å². The van der Waals surface area contributed by atoms with Crippen molar-refractivity contribution in [3.63, 3.8) is 0 Å². The minimum atomic E-state index is -0.00679. The molecule has 42 heavy (non-hydrogen) atoms. The number of ether oxygens (including phenoxy) is 4. The zero-order valence-corrected chi connectivity index (χ0v) is 28.0. The first kappa shape index (κ1) is 35.5. The first-order chi connectivity index (χ1) is 20.3. The van der Waals surface area contributed by atoms with E-state index in [-0.39, 0.29) is 30.2 Å². The van der Waals surface area contributed by atoms with Gasteiger partial charge in [0.15, 0.2) is 17.3 Å². The zero-order chi connectivity index (χ0) is 31.1. The van der Waals surface area contributed by atoms with Crippen LogP contribution in [0.25, 0.3) is 0 Å². The lowest BCUT2D eigenvalue weighted by Gasteiger charge is -2.25. The summed E-state index contributed by atoms with van der Waals surface area (Å²) in [5, 5.41) is 0. The number of benzene rings is 2. The fourth-order valence-electron chi connectivity index (χ4n) is 5.15. The van der Waals surface area contributed by atoms with E-state index in [0.29, 0.717) is 35.7 Å². The van der Waals surface area contributed by atoms with Crippen LogP contribution in [0.5, 0.6) is 23.0 Å². The molecule has 0 aliphatic rings. The van der Waals surface area contributed by atoms with Crippen LogP contribution in [0.15, 0.2) is 30.3 Å². The van der Waals surface area contributed by atoms with Gasteiger partial charge in [0, 0.05) is 12.5 Å². The van der Waals surface area contributed by atoms with Gasteiger partial charge in [-0.1, -0.05) is 74.4 Å². The lowest BCUT2D eigenvalue weighted by molar-refractivity contribution is 0.0967. The summed E-state index contributed by atoms with van der Waals surface area (Å²) in [6.07, 6.45) is 9.23. The smallest absolute Gasteiger partial charge is 0.172 e. The molecule has 2 aromatic carbocycles. The summed E-state index contributed by atoms with van der Waals surface area (Å²) in [5.74, 6) is 2.72. The molecule has 0 amide bonds. The molecule has 5 heteroatoms. The van der Waals surface area contributed by atoms with E-state index in [1.54, 1.807) is 0 Å². The van der Waals surface area contributed by atoms with Crippen molar-refractivity contribution in [1.82, 2.24) is 0 Å². The van der Waals surface area contributed by atoms with Gasteiger partial charge in [0.05, 0.1) is 30.0 Å². The highest BCUT2D eigenvalue weighted by atomic mass is 16.5. The van der Waals surface area contributed by atoms with Gasteiger partial charge >= 0.3 is 0 Å². The van der Waals surface area contributed by atoms with Crippen molar-refractivity contribution in [1.29, 1.82) is 0 Å². The Morgan fingerprint density at radius 1 is 0.595 bits per heavy atom. The number of carbonyl (C=O) groups is 1. The molecule has 0 saturated carbocycles. The molecule has 0 radical (unpaired) electrons. The van der Waals surface area contributed by atoms with Crippen molar-refractivity contribution in [2.45, 2.75) is 157 Å². The van der Waals surface area contributed by atoms with Crippen LogP contribution in [-0.4, -0.2) is 30.2 Å². The molecule has 0 fully saturated rings. The molecule has 0 atom stereocenters. The highest BCUT2D eigenvalue weighted by Crippen LogP contribution is 2.40. The molecule has 0 N–H and O–H groups in total. The zero-order valence-electron chi connectivity index (χ0n) is 28.0. The normalized spacial score (nSPS) is 11.5. The van der Waals surface area contributed by atoms with Crippen LogP contribution in [-0.2, 0) is 12.8 Å². The Bertz CT molecular complexity index is 1060. The highest BCUT2D eigenvalue weighted by Gasteiger charge is 2.25. The van der Waals surface area contributed by atoms with Gasteiger partial charge in [0.1, 0.15) is 11.5 Å². The fraction of sp³-hybridized carbons (Fsp3) is 0.649. The molecule has 0 unspecified atom stereocenters. The first-order valence-corrected chi connectivity index (χ1v) is 16.8. The van der Waals surface area contributed by atoms with Crippen LogP contribution in [0.4, 0.5) is 0 Å². The molecule has 0 aliphatic heterocycles. The van der Waals surface area contributed by atoms with Crippen molar-refractivity contribution >= 4 is 5.78 Å². The first-order valence-electron chi connectivity index (χ1n) is 16.8. The summed E-state index contributed by atoms with van der Waals surface area (Å²) in [6.45, 7) is 19.2. The van der Waals surface area contributed by atoms with Crippen molar-refractivity contribution < 1.29 is 23.7 Å². The van der Waals surface area contributed by atoms with Crippen molar-refractivity contribution in [2.24, 2.45) is 0 Å². The third kappa shape index (κ3) is 10.2. The van der Waals surface area contributed by atoms with E-state index in [9.17, 15) is 4.79 Å². The van der Waals surface area contributed by atoms with Crippen LogP contribution in [0.2, 0.25) is 0 Å². The average molecular weight is 583 g/mol. The molecule has 0 aliphatic carbocycles. The Balaban J connectivity index is 2.56. The maximum Gasteiger partial charge on any atom is 0.172 e. The van der Waals surface area contributed by atoms with E-state index in [2.05, 4.69) is 80.5 Å². The van der Waals surface area contributed by atoms with Gasteiger partial charge in [-0.05, 0) is 87.5 Å². The fourth-order valence-corrected chi connectivity index (χ4v) is 5.15. The number of rotatable bonds is 21. The largest absolute Gasteiger partial charge is 0.490 e. The molecule has 2 aromatic rings. The summed E-state index contributed by atoms with van der Waals surface area (Å²) in [5.41, 5.74) is 2.86. The summed E-state index contributed by atoms with van der Waals surface area (Å²) < 4.78 is 25.8. The second-order valence-corrected chi connectivity index (χ2v) is 11.2. The van der Waals surface area contributed by atoms with E-state index >= 15 is 0 Å². The van der Waals surface area contributed by atoms with Gasteiger partial charge in [-0.25, -0.2) is 0 Å².